The topological polar surface area (TPSA) is 53.1 Å². The Morgan fingerprint density at radius 1 is 1.15 bits per heavy atom. The Kier molecular flexibility index (Phi) is 5.80. The molecule has 0 radical (unpaired) electrons. The molecule has 1 aliphatic rings. The van der Waals surface area contributed by atoms with Gasteiger partial charge in [-0.05, 0) is 34.7 Å². The Labute approximate surface area is 121 Å². The number of likely N-dealkylation sites (N-methyl/N-ethyl adjacent to an activating group) is 2. The molecule has 1 heterocycles. The molecule has 0 aromatic rings. The highest BCUT2D eigenvalue weighted by atomic mass is 16.6. The molecule has 0 N–H and O–H groups in total. The number of carbonyl (C=O) groups is 2. The first kappa shape index (κ1) is 16.8. The van der Waals surface area contributed by atoms with Crippen molar-refractivity contribution in [2.75, 3.05) is 46.3 Å². The van der Waals surface area contributed by atoms with E-state index in [1.165, 1.54) is 4.90 Å². The summed E-state index contributed by atoms with van der Waals surface area (Å²) in [5.74, 6) is -0.00851. The molecule has 0 saturated carbocycles. The van der Waals surface area contributed by atoms with Gasteiger partial charge in [0.05, 0.1) is 0 Å². The van der Waals surface area contributed by atoms with Gasteiger partial charge < -0.3 is 14.5 Å². The molecule has 6 heteroatoms. The maximum absolute atomic E-state index is 12.2. The van der Waals surface area contributed by atoms with E-state index in [2.05, 4.69) is 4.90 Å². The zero-order valence-corrected chi connectivity index (χ0v) is 13.3. The molecule has 1 rings (SSSR count). The number of carbonyl (C=O) groups excluding carboxylic acids is 2. The Morgan fingerprint density at radius 2 is 1.70 bits per heavy atom. The summed E-state index contributed by atoms with van der Waals surface area (Å²) in [6, 6.07) is 0. The van der Waals surface area contributed by atoms with Gasteiger partial charge in [-0.25, -0.2) is 4.79 Å². The summed E-state index contributed by atoms with van der Waals surface area (Å²) >= 11 is 0. The molecule has 0 aliphatic carbocycles. The Hall–Kier alpha value is -1.30. The van der Waals surface area contributed by atoms with Crippen LogP contribution in [0.4, 0.5) is 4.79 Å². The molecule has 0 spiro atoms. The van der Waals surface area contributed by atoms with E-state index in [1.807, 2.05) is 39.6 Å². The van der Waals surface area contributed by atoms with E-state index in [0.717, 1.165) is 26.2 Å². The van der Waals surface area contributed by atoms with Crippen LogP contribution in [0.25, 0.3) is 0 Å². The first-order valence-electron chi connectivity index (χ1n) is 7.17. The van der Waals surface area contributed by atoms with E-state index in [-0.39, 0.29) is 12.5 Å². The highest BCUT2D eigenvalue weighted by Gasteiger charge is 2.26. The van der Waals surface area contributed by atoms with Crippen molar-refractivity contribution in [2.24, 2.45) is 0 Å². The summed E-state index contributed by atoms with van der Waals surface area (Å²) in [5.41, 5.74) is -0.540. The maximum atomic E-state index is 12.2. The molecule has 2 amide bonds. The molecule has 0 aromatic carbocycles. The van der Waals surface area contributed by atoms with Crippen LogP contribution in [-0.2, 0) is 9.53 Å². The summed E-state index contributed by atoms with van der Waals surface area (Å²) < 4.78 is 5.30. The third kappa shape index (κ3) is 5.36. The number of ether oxygens (including phenoxy) is 1. The Bertz CT molecular complexity index is 344. The monoisotopic (exact) mass is 285 g/mol. The van der Waals surface area contributed by atoms with Crippen LogP contribution in [0.3, 0.4) is 0 Å². The van der Waals surface area contributed by atoms with Gasteiger partial charge in [-0.15, -0.1) is 0 Å². The molecule has 0 bridgehead atoms. The van der Waals surface area contributed by atoms with Gasteiger partial charge in [-0.1, -0.05) is 0 Å². The molecule has 0 unspecified atom stereocenters. The molecule has 1 fully saturated rings. The molecule has 0 aromatic heterocycles. The fourth-order valence-electron chi connectivity index (χ4n) is 1.95. The Balaban J connectivity index is 2.51. The third-order valence-electron chi connectivity index (χ3n) is 3.22. The van der Waals surface area contributed by atoms with Crippen LogP contribution in [0.15, 0.2) is 0 Å². The van der Waals surface area contributed by atoms with Gasteiger partial charge in [-0.3, -0.25) is 9.69 Å². The quantitative estimate of drug-likeness (QED) is 0.777. The normalized spacial score (nSPS) is 16.9. The predicted octanol–water partition coefficient (Wildman–Crippen LogP) is 1.02. The van der Waals surface area contributed by atoms with Crippen LogP contribution < -0.4 is 0 Å². The van der Waals surface area contributed by atoms with E-state index in [9.17, 15) is 9.59 Å². The minimum Gasteiger partial charge on any atom is -0.444 e. The first-order valence-corrected chi connectivity index (χ1v) is 7.17. The standard InChI is InChI=1S/C14H27N3O3/c1-6-16(13(19)20-14(2,3)4)11-12(18)17-9-7-15(5)8-10-17/h6-11H2,1-5H3. The number of hydrogen-bond donors (Lipinski definition) is 0. The van der Waals surface area contributed by atoms with Gasteiger partial charge in [0.1, 0.15) is 12.1 Å². The zero-order valence-electron chi connectivity index (χ0n) is 13.3. The molecule has 0 atom stereocenters. The van der Waals surface area contributed by atoms with Gasteiger partial charge >= 0.3 is 6.09 Å². The van der Waals surface area contributed by atoms with E-state index < -0.39 is 11.7 Å². The van der Waals surface area contributed by atoms with Crippen molar-refractivity contribution in [3.8, 4) is 0 Å². The van der Waals surface area contributed by atoms with Crippen molar-refractivity contribution < 1.29 is 14.3 Å². The molecule has 116 valence electrons. The van der Waals surface area contributed by atoms with Crippen molar-refractivity contribution in [3.05, 3.63) is 0 Å². The smallest absolute Gasteiger partial charge is 0.410 e. The minimum atomic E-state index is -0.540. The Morgan fingerprint density at radius 3 is 2.15 bits per heavy atom. The van der Waals surface area contributed by atoms with Crippen LogP contribution in [0, 0.1) is 0 Å². The average Bonchev–Trinajstić information content (AvgIpc) is 2.34. The largest absolute Gasteiger partial charge is 0.444 e. The van der Waals surface area contributed by atoms with E-state index >= 15 is 0 Å². The second-order valence-corrected chi connectivity index (χ2v) is 6.18. The van der Waals surface area contributed by atoms with E-state index in [4.69, 9.17) is 4.74 Å². The summed E-state index contributed by atoms with van der Waals surface area (Å²) in [6.45, 7) is 11.1. The summed E-state index contributed by atoms with van der Waals surface area (Å²) in [5, 5.41) is 0. The lowest BCUT2D eigenvalue weighted by Crippen LogP contribution is -2.51. The van der Waals surface area contributed by atoms with Crippen molar-refractivity contribution in [1.29, 1.82) is 0 Å². The number of piperazine rings is 1. The maximum Gasteiger partial charge on any atom is 0.410 e. The predicted molar refractivity (Wildman–Crippen MR) is 77.6 cm³/mol. The van der Waals surface area contributed by atoms with Crippen molar-refractivity contribution in [1.82, 2.24) is 14.7 Å². The molecule has 20 heavy (non-hydrogen) atoms. The van der Waals surface area contributed by atoms with Crippen LogP contribution in [0.5, 0.6) is 0 Å². The molecule has 6 nitrogen and oxygen atoms in total. The second-order valence-electron chi connectivity index (χ2n) is 6.18. The second kappa shape index (κ2) is 6.92. The zero-order chi connectivity index (χ0) is 15.3. The number of amides is 2. The SMILES string of the molecule is CCN(CC(=O)N1CCN(C)CC1)C(=O)OC(C)(C)C. The van der Waals surface area contributed by atoms with Gasteiger partial charge in [-0.2, -0.15) is 0 Å². The van der Waals surface area contributed by atoms with Crippen molar-refractivity contribution in [3.63, 3.8) is 0 Å². The van der Waals surface area contributed by atoms with Crippen LogP contribution in [-0.4, -0.2) is 78.6 Å². The fourth-order valence-corrected chi connectivity index (χ4v) is 1.95. The highest BCUT2D eigenvalue weighted by Crippen LogP contribution is 2.10. The first-order chi connectivity index (χ1) is 9.23. The molecule has 1 aliphatic heterocycles. The lowest BCUT2D eigenvalue weighted by atomic mass is 10.2. The number of nitrogens with zero attached hydrogens (tertiary/aromatic N) is 3. The fraction of sp³-hybridized carbons (Fsp3) is 0.857. The van der Waals surface area contributed by atoms with Crippen molar-refractivity contribution in [2.45, 2.75) is 33.3 Å². The average molecular weight is 285 g/mol. The van der Waals surface area contributed by atoms with Gasteiger partial charge in [0.15, 0.2) is 0 Å². The van der Waals surface area contributed by atoms with E-state index in [1.54, 1.807) is 0 Å². The molecule has 1 saturated heterocycles. The lowest BCUT2D eigenvalue weighted by molar-refractivity contribution is -0.133. The van der Waals surface area contributed by atoms with Crippen LogP contribution >= 0.6 is 0 Å². The van der Waals surface area contributed by atoms with Crippen LogP contribution in [0.1, 0.15) is 27.7 Å². The van der Waals surface area contributed by atoms with Crippen molar-refractivity contribution >= 4 is 12.0 Å². The van der Waals surface area contributed by atoms with E-state index in [0.29, 0.717) is 6.54 Å². The summed E-state index contributed by atoms with van der Waals surface area (Å²) in [6.07, 6.45) is -0.428. The lowest BCUT2D eigenvalue weighted by Gasteiger charge is -2.34. The highest BCUT2D eigenvalue weighted by molar-refractivity contribution is 5.82. The molecular weight excluding hydrogens is 258 g/mol. The van der Waals surface area contributed by atoms with Gasteiger partial charge in [0.2, 0.25) is 5.91 Å². The number of hydrogen-bond acceptors (Lipinski definition) is 4. The molecular formula is C14H27N3O3. The van der Waals surface area contributed by atoms with Crippen LogP contribution in [0.2, 0.25) is 0 Å². The minimum absolute atomic E-state index is 0.00851. The number of rotatable bonds is 3. The van der Waals surface area contributed by atoms with Gasteiger partial charge in [0, 0.05) is 32.7 Å². The third-order valence-corrected chi connectivity index (χ3v) is 3.22. The summed E-state index contributed by atoms with van der Waals surface area (Å²) in [7, 11) is 2.04. The van der Waals surface area contributed by atoms with Gasteiger partial charge in [0.25, 0.3) is 0 Å². The summed E-state index contributed by atoms with van der Waals surface area (Å²) in [4.78, 5) is 29.6.